The molecule has 1 rings (SSSR count). The molecule has 1 atom stereocenters. The lowest BCUT2D eigenvalue weighted by Gasteiger charge is -2.18. The van der Waals surface area contributed by atoms with Crippen molar-refractivity contribution in [3.63, 3.8) is 0 Å². The standard InChI is InChI=1S/C12H16BrO4P/c1-4-16-18(15,17-9(2)3)12(14)10-5-7-11(13)8-6-10/h5-9H,4H2,1-3H3. The van der Waals surface area contributed by atoms with Gasteiger partial charge in [-0.1, -0.05) is 15.9 Å². The van der Waals surface area contributed by atoms with Gasteiger partial charge in [0.05, 0.1) is 12.7 Å². The van der Waals surface area contributed by atoms with Crippen LogP contribution in [0.25, 0.3) is 0 Å². The van der Waals surface area contributed by atoms with Gasteiger partial charge in [-0.25, -0.2) is 0 Å². The molecule has 0 N–H and O–H groups in total. The van der Waals surface area contributed by atoms with E-state index in [4.69, 9.17) is 9.05 Å². The lowest BCUT2D eigenvalue weighted by atomic mass is 10.2. The van der Waals surface area contributed by atoms with E-state index in [0.29, 0.717) is 5.56 Å². The lowest BCUT2D eigenvalue weighted by molar-refractivity contribution is 0.0970. The molecule has 0 radical (unpaired) electrons. The number of benzene rings is 1. The topological polar surface area (TPSA) is 52.6 Å². The third-order valence-corrected chi connectivity index (χ3v) is 4.57. The molecule has 0 aliphatic carbocycles. The summed E-state index contributed by atoms with van der Waals surface area (Å²) in [6.45, 7) is 5.25. The van der Waals surface area contributed by atoms with E-state index in [9.17, 15) is 9.36 Å². The molecule has 0 aliphatic rings. The summed E-state index contributed by atoms with van der Waals surface area (Å²) in [7, 11) is -3.76. The Balaban J connectivity index is 3.02. The van der Waals surface area contributed by atoms with Gasteiger partial charge in [-0.2, -0.15) is 0 Å². The van der Waals surface area contributed by atoms with Crippen LogP contribution >= 0.6 is 23.5 Å². The maximum atomic E-state index is 12.4. The van der Waals surface area contributed by atoms with Crippen LogP contribution in [0.1, 0.15) is 31.1 Å². The predicted molar refractivity (Wildman–Crippen MR) is 73.9 cm³/mol. The smallest absolute Gasteiger partial charge is 0.303 e. The summed E-state index contributed by atoms with van der Waals surface area (Å²) in [5.41, 5.74) is -0.291. The van der Waals surface area contributed by atoms with Crippen LogP contribution < -0.4 is 0 Å². The lowest BCUT2D eigenvalue weighted by Crippen LogP contribution is -2.11. The molecule has 0 saturated heterocycles. The molecule has 1 unspecified atom stereocenters. The van der Waals surface area contributed by atoms with E-state index in [1.54, 1.807) is 45.0 Å². The third kappa shape index (κ3) is 4.02. The Morgan fingerprint density at radius 3 is 2.33 bits per heavy atom. The number of hydrogen-bond acceptors (Lipinski definition) is 4. The molecule has 0 saturated carbocycles. The quantitative estimate of drug-likeness (QED) is 0.730. The number of halogens is 1. The molecule has 0 bridgehead atoms. The highest BCUT2D eigenvalue weighted by atomic mass is 79.9. The van der Waals surface area contributed by atoms with Crippen LogP contribution in [0.2, 0.25) is 0 Å². The minimum Gasteiger partial charge on any atom is -0.303 e. The van der Waals surface area contributed by atoms with Crippen molar-refractivity contribution in [1.29, 1.82) is 0 Å². The van der Waals surface area contributed by atoms with E-state index in [0.717, 1.165) is 4.47 Å². The van der Waals surface area contributed by atoms with Crippen LogP contribution in [0.4, 0.5) is 0 Å². The molecule has 0 spiro atoms. The Morgan fingerprint density at radius 1 is 1.33 bits per heavy atom. The molecule has 6 heteroatoms. The molecular weight excluding hydrogens is 319 g/mol. The van der Waals surface area contributed by atoms with Gasteiger partial charge in [0.1, 0.15) is 0 Å². The zero-order chi connectivity index (χ0) is 13.8. The number of carbonyl (C=O) groups excluding carboxylic acids is 1. The summed E-state index contributed by atoms with van der Waals surface area (Å²) in [5, 5.41) is 0. The van der Waals surface area contributed by atoms with E-state index in [-0.39, 0.29) is 12.7 Å². The zero-order valence-electron chi connectivity index (χ0n) is 10.6. The van der Waals surface area contributed by atoms with Crippen LogP contribution in [0, 0.1) is 0 Å². The van der Waals surface area contributed by atoms with E-state index in [1.807, 2.05) is 0 Å². The first kappa shape index (κ1) is 15.6. The average molecular weight is 335 g/mol. The van der Waals surface area contributed by atoms with Gasteiger partial charge in [0, 0.05) is 10.0 Å². The molecule has 1 aromatic carbocycles. The Kier molecular flexibility index (Phi) is 5.73. The summed E-state index contributed by atoms with van der Waals surface area (Å²) in [5.74, 6) is 0. The fourth-order valence-electron chi connectivity index (χ4n) is 1.34. The van der Waals surface area contributed by atoms with Gasteiger partial charge < -0.3 is 9.05 Å². The highest BCUT2D eigenvalue weighted by Gasteiger charge is 2.36. The van der Waals surface area contributed by atoms with Crippen LogP contribution in [-0.2, 0) is 13.6 Å². The van der Waals surface area contributed by atoms with Crippen molar-refractivity contribution in [2.24, 2.45) is 0 Å². The van der Waals surface area contributed by atoms with E-state index in [1.165, 1.54) is 0 Å². The van der Waals surface area contributed by atoms with Crippen molar-refractivity contribution in [2.75, 3.05) is 6.61 Å². The fourth-order valence-corrected chi connectivity index (χ4v) is 3.23. The maximum Gasteiger partial charge on any atom is 0.401 e. The number of hydrogen-bond donors (Lipinski definition) is 0. The first-order valence-corrected chi connectivity index (χ1v) is 7.96. The summed E-state index contributed by atoms with van der Waals surface area (Å²) >= 11 is 3.27. The Morgan fingerprint density at radius 2 is 1.89 bits per heavy atom. The first-order valence-electron chi connectivity index (χ1n) is 5.62. The normalized spacial score (nSPS) is 14.5. The molecule has 0 fully saturated rings. The van der Waals surface area contributed by atoms with Crippen molar-refractivity contribution in [1.82, 2.24) is 0 Å². The Hall–Kier alpha value is -0.480. The summed E-state index contributed by atoms with van der Waals surface area (Å²) in [6, 6.07) is 6.58. The Bertz CT molecular complexity index is 456. The van der Waals surface area contributed by atoms with Gasteiger partial charge in [0.15, 0.2) is 0 Å². The SMILES string of the molecule is CCOP(=O)(OC(C)C)C(=O)c1ccc(Br)cc1. The van der Waals surface area contributed by atoms with Crippen LogP contribution in [0.15, 0.2) is 28.7 Å². The number of carbonyl (C=O) groups is 1. The minimum atomic E-state index is -3.76. The summed E-state index contributed by atoms with van der Waals surface area (Å²) in [6.07, 6.45) is -0.346. The van der Waals surface area contributed by atoms with Crippen molar-refractivity contribution >= 4 is 29.1 Å². The van der Waals surface area contributed by atoms with Gasteiger partial charge in [-0.3, -0.25) is 9.36 Å². The molecule has 0 heterocycles. The van der Waals surface area contributed by atoms with Crippen molar-refractivity contribution in [2.45, 2.75) is 26.9 Å². The van der Waals surface area contributed by atoms with Gasteiger partial charge in [0.2, 0.25) is 0 Å². The fraction of sp³-hybridized carbons (Fsp3) is 0.417. The second kappa shape index (κ2) is 6.62. The molecule has 0 amide bonds. The summed E-state index contributed by atoms with van der Waals surface area (Å²) < 4.78 is 23.5. The van der Waals surface area contributed by atoms with Gasteiger partial charge in [-0.15, -0.1) is 0 Å². The van der Waals surface area contributed by atoms with E-state index >= 15 is 0 Å². The van der Waals surface area contributed by atoms with Crippen molar-refractivity contribution in [3.8, 4) is 0 Å². The van der Waals surface area contributed by atoms with Gasteiger partial charge in [-0.05, 0) is 45.0 Å². The predicted octanol–water partition coefficient (Wildman–Crippen LogP) is 4.24. The van der Waals surface area contributed by atoms with Crippen molar-refractivity contribution in [3.05, 3.63) is 34.3 Å². The van der Waals surface area contributed by atoms with E-state index < -0.39 is 13.1 Å². The second-order valence-corrected chi connectivity index (χ2v) is 6.67. The molecule has 100 valence electrons. The minimum absolute atomic E-state index is 0.159. The zero-order valence-corrected chi connectivity index (χ0v) is 13.0. The molecule has 0 aromatic heterocycles. The molecule has 0 aliphatic heterocycles. The summed E-state index contributed by atoms with van der Waals surface area (Å²) in [4.78, 5) is 12.2. The number of rotatable bonds is 6. The van der Waals surface area contributed by atoms with Crippen molar-refractivity contribution < 1.29 is 18.4 Å². The first-order chi connectivity index (χ1) is 8.39. The van der Waals surface area contributed by atoms with E-state index in [2.05, 4.69) is 15.9 Å². The Labute approximate surface area is 115 Å². The largest absolute Gasteiger partial charge is 0.401 e. The highest BCUT2D eigenvalue weighted by Crippen LogP contribution is 2.52. The van der Waals surface area contributed by atoms with Gasteiger partial charge in [0.25, 0.3) is 5.52 Å². The molecule has 18 heavy (non-hydrogen) atoms. The average Bonchev–Trinajstić information content (AvgIpc) is 2.28. The monoisotopic (exact) mass is 334 g/mol. The van der Waals surface area contributed by atoms with Crippen LogP contribution in [0.5, 0.6) is 0 Å². The maximum absolute atomic E-state index is 12.4. The highest BCUT2D eigenvalue weighted by molar-refractivity contribution is 9.10. The van der Waals surface area contributed by atoms with Gasteiger partial charge >= 0.3 is 7.60 Å². The van der Waals surface area contributed by atoms with Crippen LogP contribution in [-0.4, -0.2) is 18.2 Å². The molecule has 4 nitrogen and oxygen atoms in total. The second-order valence-electron chi connectivity index (χ2n) is 3.88. The molecular formula is C12H16BrO4P. The third-order valence-electron chi connectivity index (χ3n) is 1.99. The van der Waals surface area contributed by atoms with Crippen LogP contribution in [0.3, 0.4) is 0 Å². The molecule has 1 aromatic rings.